The normalized spacial score (nSPS) is 14.0. The molecule has 0 spiro atoms. The van der Waals surface area contributed by atoms with Gasteiger partial charge < -0.3 is 0 Å². The van der Waals surface area contributed by atoms with Gasteiger partial charge in [0.1, 0.15) is 5.78 Å². The first-order chi connectivity index (χ1) is 9.99. The molecule has 0 saturated carbocycles. The van der Waals surface area contributed by atoms with Crippen molar-refractivity contribution in [2.75, 3.05) is 5.75 Å². The Kier molecular flexibility index (Phi) is 8.77. The lowest BCUT2D eigenvalue weighted by molar-refractivity contribution is -0.122. The number of rotatable bonds is 9. The molecule has 0 fully saturated rings. The van der Waals surface area contributed by atoms with Crippen molar-refractivity contribution in [3.8, 4) is 0 Å². The summed E-state index contributed by atoms with van der Waals surface area (Å²) in [4.78, 5) is 12.4. The van der Waals surface area contributed by atoms with E-state index >= 15 is 0 Å². The SMILES string of the molecule is CCCC[C@@H](C)C(=O)C[C@@H](SCC)c1ccc(Cl)c(Cl)c1. The Balaban J connectivity index is 2.77. The van der Waals surface area contributed by atoms with Gasteiger partial charge in [-0.2, -0.15) is 11.8 Å². The lowest BCUT2D eigenvalue weighted by atomic mass is 9.95. The van der Waals surface area contributed by atoms with Gasteiger partial charge in [-0.3, -0.25) is 4.79 Å². The van der Waals surface area contributed by atoms with Crippen LogP contribution in [0.4, 0.5) is 0 Å². The highest BCUT2D eigenvalue weighted by molar-refractivity contribution is 7.99. The smallest absolute Gasteiger partial charge is 0.137 e. The predicted molar refractivity (Wildman–Crippen MR) is 95.6 cm³/mol. The number of Topliss-reactive ketones (excluding diaryl/α,β-unsaturated/α-hetero) is 1. The predicted octanol–water partition coefficient (Wildman–Crippen LogP) is 6.57. The summed E-state index contributed by atoms with van der Waals surface area (Å²) in [6.07, 6.45) is 3.81. The van der Waals surface area contributed by atoms with Crippen molar-refractivity contribution >= 4 is 40.7 Å². The number of carbonyl (C=O) groups excluding carboxylic acids is 1. The number of hydrogen-bond donors (Lipinski definition) is 0. The van der Waals surface area contributed by atoms with Crippen LogP contribution in [-0.4, -0.2) is 11.5 Å². The largest absolute Gasteiger partial charge is 0.299 e. The fourth-order valence-electron chi connectivity index (χ4n) is 2.24. The zero-order valence-electron chi connectivity index (χ0n) is 13.0. The van der Waals surface area contributed by atoms with Crippen LogP contribution in [0, 0.1) is 5.92 Å². The number of unbranched alkanes of at least 4 members (excludes halogenated alkanes) is 1. The van der Waals surface area contributed by atoms with Crippen molar-refractivity contribution in [1.82, 2.24) is 0 Å². The van der Waals surface area contributed by atoms with Crippen LogP contribution < -0.4 is 0 Å². The van der Waals surface area contributed by atoms with E-state index in [-0.39, 0.29) is 11.2 Å². The van der Waals surface area contributed by atoms with E-state index in [1.807, 2.05) is 25.1 Å². The molecule has 2 atom stereocenters. The molecule has 1 nitrogen and oxygen atoms in total. The summed E-state index contributed by atoms with van der Waals surface area (Å²) >= 11 is 13.9. The highest BCUT2D eigenvalue weighted by Gasteiger charge is 2.20. The molecular weight excluding hydrogens is 323 g/mol. The first-order valence-electron chi connectivity index (χ1n) is 7.58. The molecule has 0 radical (unpaired) electrons. The number of hydrogen-bond acceptors (Lipinski definition) is 2. The van der Waals surface area contributed by atoms with Crippen LogP contribution in [0.3, 0.4) is 0 Å². The minimum atomic E-state index is 0.146. The monoisotopic (exact) mass is 346 g/mol. The Labute approximate surface area is 142 Å². The number of thioether (sulfide) groups is 1. The number of halogens is 2. The summed E-state index contributed by atoms with van der Waals surface area (Å²) in [5.74, 6) is 1.47. The van der Waals surface area contributed by atoms with E-state index in [0.29, 0.717) is 22.2 Å². The molecule has 0 aromatic heterocycles. The van der Waals surface area contributed by atoms with E-state index in [4.69, 9.17) is 23.2 Å². The van der Waals surface area contributed by atoms with E-state index in [1.165, 1.54) is 0 Å². The molecule has 0 aliphatic rings. The third-order valence-corrected chi connectivity index (χ3v) is 5.52. The summed E-state index contributed by atoms with van der Waals surface area (Å²) in [6.45, 7) is 6.31. The molecule has 0 aliphatic heterocycles. The first kappa shape index (κ1) is 18.9. The zero-order chi connectivity index (χ0) is 15.8. The Hall–Kier alpha value is -0.180. The number of benzene rings is 1. The van der Waals surface area contributed by atoms with Gasteiger partial charge in [-0.05, 0) is 29.9 Å². The summed E-state index contributed by atoms with van der Waals surface area (Å²) in [5, 5.41) is 1.28. The van der Waals surface area contributed by atoms with Gasteiger partial charge in [-0.1, -0.05) is 62.9 Å². The average molecular weight is 347 g/mol. The maximum atomic E-state index is 12.4. The van der Waals surface area contributed by atoms with Crippen molar-refractivity contribution < 1.29 is 4.79 Å². The molecule has 1 aromatic carbocycles. The number of carbonyl (C=O) groups is 1. The van der Waals surface area contributed by atoms with Crippen molar-refractivity contribution in [3.63, 3.8) is 0 Å². The van der Waals surface area contributed by atoms with E-state index in [0.717, 1.165) is 30.6 Å². The molecule has 118 valence electrons. The van der Waals surface area contributed by atoms with Gasteiger partial charge in [0.25, 0.3) is 0 Å². The lowest BCUT2D eigenvalue weighted by Crippen LogP contribution is -2.14. The molecule has 0 saturated heterocycles. The molecule has 1 aromatic rings. The van der Waals surface area contributed by atoms with Crippen LogP contribution >= 0.6 is 35.0 Å². The second kappa shape index (κ2) is 9.76. The Morgan fingerprint density at radius 3 is 2.52 bits per heavy atom. The van der Waals surface area contributed by atoms with E-state index in [1.54, 1.807) is 11.8 Å². The second-order valence-electron chi connectivity index (χ2n) is 5.33. The van der Waals surface area contributed by atoms with Gasteiger partial charge in [0.05, 0.1) is 10.0 Å². The fourth-order valence-corrected chi connectivity index (χ4v) is 3.57. The van der Waals surface area contributed by atoms with E-state index in [9.17, 15) is 4.79 Å². The third-order valence-electron chi connectivity index (χ3n) is 3.61. The summed E-state index contributed by atoms with van der Waals surface area (Å²) in [7, 11) is 0. The molecular formula is C17H24Cl2OS. The summed E-state index contributed by atoms with van der Waals surface area (Å²) in [5.41, 5.74) is 1.09. The highest BCUT2D eigenvalue weighted by Crippen LogP contribution is 2.36. The van der Waals surface area contributed by atoms with Gasteiger partial charge >= 0.3 is 0 Å². The summed E-state index contributed by atoms with van der Waals surface area (Å²) < 4.78 is 0. The van der Waals surface area contributed by atoms with Crippen molar-refractivity contribution in [2.45, 2.75) is 51.7 Å². The molecule has 0 unspecified atom stereocenters. The van der Waals surface area contributed by atoms with Gasteiger partial charge in [-0.25, -0.2) is 0 Å². The third kappa shape index (κ3) is 6.22. The van der Waals surface area contributed by atoms with Crippen LogP contribution in [0.1, 0.15) is 57.3 Å². The van der Waals surface area contributed by atoms with Gasteiger partial charge in [0.2, 0.25) is 0 Å². The minimum absolute atomic E-state index is 0.146. The molecule has 4 heteroatoms. The van der Waals surface area contributed by atoms with Crippen LogP contribution in [0.2, 0.25) is 10.0 Å². The van der Waals surface area contributed by atoms with Gasteiger partial charge in [-0.15, -0.1) is 0 Å². The van der Waals surface area contributed by atoms with Crippen LogP contribution in [0.5, 0.6) is 0 Å². The summed E-state index contributed by atoms with van der Waals surface area (Å²) in [6, 6.07) is 5.68. The van der Waals surface area contributed by atoms with Gasteiger partial charge in [0.15, 0.2) is 0 Å². The van der Waals surface area contributed by atoms with Crippen LogP contribution in [0.25, 0.3) is 0 Å². The fraction of sp³-hybridized carbons (Fsp3) is 0.588. The Morgan fingerprint density at radius 1 is 1.24 bits per heavy atom. The number of ketones is 1. The average Bonchev–Trinajstić information content (AvgIpc) is 2.47. The molecule has 0 aliphatic carbocycles. The standard InChI is InChI=1S/C17H24Cl2OS/c1-4-6-7-12(3)16(20)11-17(21-5-2)13-8-9-14(18)15(19)10-13/h8-10,12,17H,4-7,11H2,1-3H3/t12-,17-/m1/s1. The Morgan fingerprint density at radius 2 is 1.95 bits per heavy atom. The molecule has 0 heterocycles. The second-order valence-corrected chi connectivity index (χ2v) is 7.63. The molecule has 0 amide bonds. The highest BCUT2D eigenvalue weighted by atomic mass is 35.5. The van der Waals surface area contributed by atoms with E-state index in [2.05, 4.69) is 13.8 Å². The van der Waals surface area contributed by atoms with Crippen molar-refractivity contribution in [1.29, 1.82) is 0 Å². The Bertz CT molecular complexity index is 462. The van der Waals surface area contributed by atoms with E-state index < -0.39 is 0 Å². The maximum absolute atomic E-state index is 12.4. The minimum Gasteiger partial charge on any atom is -0.299 e. The lowest BCUT2D eigenvalue weighted by Gasteiger charge is -2.18. The first-order valence-corrected chi connectivity index (χ1v) is 9.39. The van der Waals surface area contributed by atoms with Crippen molar-refractivity contribution in [3.05, 3.63) is 33.8 Å². The van der Waals surface area contributed by atoms with Gasteiger partial charge in [0, 0.05) is 17.6 Å². The molecule has 1 rings (SSSR count). The van der Waals surface area contributed by atoms with Crippen LogP contribution in [-0.2, 0) is 4.79 Å². The quantitative estimate of drug-likeness (QED) is 0.502. The van der Waals surface area contributed by atoms with Crippen LogP contribution in [0.15, 0.2) is 18.2 Å². The molecule has 21 heavy (non-hydrogen) atoms. The van der Waals surface area contributed by atoms with Crippen molar-refractivity contribution in [2.24, 2.45) is 5.92 Å². The topological polar surface area (TPSA) is 17.1 Å². The molecule has 0 bridgehead atoms. The molecule has 0 N–H and O–H groups in total. The zero-order valence-corrected chi connectivity index (χ0v) is 15.3. The maximum Gasteiger partial charge on any atom is 0.137 e.